The third-order valence-corrected chi connectivity index (χ3v) is 7.97. The highest BCUT2D eigenvalue weighted by molar-refractivity contribution is 8.14. The van der Waals surface area contributed by atoms with E-state index in [9.17, 15) is 15.3 Å². The summed E-state index contributed by atoms with van der Waals surface area (Å²) in [5.74, 6) is -0.0310. The normalized spacial score (nSPS) is 21.4. The van der Waals surface area contributed by atoms with E-state index >= 15 is 0 Å². The van der Waals surface area contributed by atoms with Gasteiger partial charge in [0.15, 0.2) is 0 Å². The third-order valence-electron chi connectivity index (χ3n) is 6.85. The van der Waals surface area contributed by atoms with Crippen LogP contribution in [0.3, 0.4) is 0 Å². The van der Waals surface area contributed by atoms with E-state index in [2.05, 4.69) is 34.0 Å². The van der Waals surface area contributed by atoms with E-state index in [1.807, 2.05) is 30.3 Å². The molecular weight excluding hydrogens is 444 g/mol. The minimum absolute atomic E-state index is 0.0495. The van der Waals surface area contributed by atoms with E-state index in [1.165, 1.54) is 11.8 Å². The van der Waals surface area contributed by atoms with Crippen molar-refractivity contribution < 1.29 is 4.79 Å². The maximum Gasteiger partial charge on any atom is 0.234 e. The summed E-state index contributed by atoms with van der Waals surface area (Å²) in [7, 11) is 0. The molecule has 0 radical (unpaired) electrons. The first-order valence-corrected chi connectivity index (χ1v) is 12.3. The topological polar surface area (TPSA) is 128 Å². The van der Waals surface area contributed by atoms with Crippen molar-refractivity contribution in [1.82, 2.24) is 4.98 Å². The van der Waals surface area contributed by atoms with Gasteiger partial charge in [-0.25, -0.2) is 4.99 Å². The predicted molar refractivity (Wildman–Crippen MR) is 135 cm³/mol. The molecule has 4 rings (SSSR count). The van der Waals surface area contributed by atoms with E-state index < -0.39 is 10.8 Å². The van der Waals surface area contributed by atoms with Crippen molar-refractivity contribution in [3.8, 4) is 12.1 Å². The monoisotopic (exact) mass is 470 g/mol. The van der Waals surface area contributed by atoms with Crippen LogP contribution in [0.1, 0.15) is 38.5 Å². The van der Waals surface area contributed by atoms with Crippen LogP contribution in [0.5, 0.6) is 0 Å². The molecule has 1 aromatic carbocycles. The quantitative estimate of drug-likeness (QED) is 0.589. The lowest BCUT2D eigenvalue weighted by Gasteiger charge is -2.50. The number of hydrogen-bond acceptors (Lipinski definition) is 7. The summed E-state index contributed by atoms with van der Waals surface area (Å²) in [5, 5.41) is 24.8. The highest BCUT2D eigenvalue weighted by Crippen LogP contribution is 2.60. The Balaban J connectivity index is 1.64. The van der Waals surface area contributed by atoms with Crippen LogP contribution in [0.15, 0.2) is 65.6 Å². The second-order valence-electron chi connectivity index (χ2n) is 8.66. The van der Waals surface area contributed by atoms with Crippen molar-refractivity contribution in [3.63, 3.8) is 0 Å². The van der Waals surface area contributed by atoms with Gasteiger partial charge in [0.05, 0.1) is 39.7 Å². The number of anilines is 1. The summed E-state index contributed by atoms with van der Waals surface area (Å²) in [6.45, 7) is 3.88. The van der Waals surface area contributed by atoms with Gasteiger partial charge in [0, 0.05) is 17.0 Å². The number of aliphatic imine (C=N–C) groups is 1. The van der Waals surface area contributed by atoms with Gasteiger partial charge < -0.3 is 11.1 Å². The molecule has 172 valence electrons. The number of thioether (sulfide) groups is 1. The number of benzene rings is 1. The zero-order valence-electron chi connectivity index (χ0n) is 18.9. The molecule has 34 heavy (non-hydrogen) atoms. The number of carbonyl (C=O) groups is 1. The second kappa shape index (κ2) is 9.70. The fraction of sp³-hybridized carbons (Fsp3) is 0.346. The van der Waals surface area contributed by atoms with Gasteiger partial charge in [-0.15, -0.1) is 6.58 Å². The van der Waals surface area contributed by atoms with Crippen LogP contribution in [0.4, 0.5) is 5.69 Å². The number of amides is 1. The molecule has 0 bridgehead atoms. The summed E-state index contributed by atoms with van der Waals surface area (Å²) >= 11 is 1.21. The number of aromatic nitrogens is 1. The zero-order chi connectivity index (χ0) is 24.2. The fourth-order valence-corrected chi connectivity index (χ4v) is 6.37. The minimum Gasteiger partial charge on any atom is -0.383 e. The van der Waals surface area contributed by atoms with Crippen molar-refractivity contribution in [3.05, 3.63) is 60.6 Å². The van der Waals surface area contributed by atoms with Crippen LogP contribution in [0, 0.1) is 33.5 Å². The molecule has 1 amide bonds. The third kappa shape index (κ3) is 3.85. The number of carbonyl (C=O) groups excluding carboxylic acids is 1. The standard InChI is InChI=1S/C26H26N6OS/c1-2-11-26(17-28)24(32-23(29)19(15-27)25(26)12-4-3-5-13-25)34-16-21(33)31-20-10-6-8-18-9-7-14-30-22(18)20/h2,6-10,14H,1,3-5,11-13,16,29H2,(H,31,33). The van der Waals surface area contributed by atoms with Crippen LogP contribution >= 0.6 is 11.8 Å². The summed E-state index contributed by atoms with van der Waals surface area (Å²) in [6.07, 6.45) is 7.97. The van der Waals surface area contributed by atoms with Crippen LogP contribution in [0.25, 0.3) is 10.9 Å². The molecule has 8 heteroatoms. The first-order chi connectivity index (χ1) is 16.5. The van der Waals surface area contributed by atoms with E-state index in [0.29, 0.717) is 41.1 Å². The molecule has 2 aliphatic rings. The highest BCUT2D eigenvalue weighted by atomic mass is 32.2. The maximum atomic E-state index is 12.9. The predicted octanol–water partition coefficient (Wildman–Crippen LogP) is 5.05. The SMILES string of the molecule is C=CCC1(C#N)C(SCC(=O)Nc2cccc3cccnc23)=NC(N)=C(C#N)C12CCCCC2. The molecule has 1 atom stereocenters. The molecule has 2 heterocycles. The number of nitrogens with zero attached hydrogens (tertiary/aromatic N) is 4. The highest BCUT2D eigenvalue weighted by Gasteiger charge is 2.59. The number of pyridine rings is 1. The Labute approximate surface area is 203 Å². The van der Waals surface area contributed by atoms with Gasteiger partial charge in [0.25, 0.3) is 0 Å². The summed E-state index contributed by atoms with van der Waals surface area (Å²) in [5.41, 5.74) is 6.21. The molecular formula is C26H26N6OS. The summed E-state index contributed by atoms with van der Waals surface area (Å²) in [6, 6.07) is 14.2. The van der Waals surface area contributed by atoms with Gasteiger partial charge in [0.2, 0.25) is 5.91 Å². The van der Waals surface area contributed by atoms with Gasteiger partial charge in [-0.3, -0.25) is 9.78 Å². The van der Waals surface area contributed by atoms with Crippen LogP contribution in [0.2, 0.25) is 0 Å². The minimum atomic E-state index is -1.07. The average molecular weight is 471 g/mol. The van der Waals surface area contributed by atoms with E-state index in [1.54, 1.807) is 12.3 Å². The Morgan fingerprint density at radius 1 is 1.24 bits per heavy atom. The Morgan fingerprint density at radius 3 is 2.71 bits per heavy atom. The number of para-hydroxylation sites is 1. The van der Waals surface area contributed by atoms with E-state index in [-0.39, 0.29) is 17.5 Å². The lowest BCUT2D eigenvalue weighted by Crippen LogP contribution is -2.51. The number of hydrogen-bond donors (Lipinski definition) is 2. The van der Waals surface area contributed by atoms with E-state index in [4.69, 9.17) is 5.73 Å². The zero-order valence-corrected chi connectivity index (χ0v) is 19.7. The molecule has 7 nitrogen and oxygen atoms in total. The molecule has 1 aliphatic heterocycles. The van der Waals surface area contributed by atoms with Gasteiger partial charge in [0.1, 0.15) is 11.2 Å². The number of rotatable bonds is 5. The lowest BCUT2D eigenvalue weighted by atomic mass is 9.52. The van der Waals surface area contributed by atoms with Gasteiger partial charge in [-0.2, -0.15) is 10.5 Å². The van der Waals surface area contributed by atoms with Crippen LogP contribution in [-0.4, -0.2) is 21.7 Å². The van der Waals surface area contributed by atoms with Crippen molar-refractivity contribution in [1.29, 1.82) is 10.5 Å². The van der Waals surface area contributed by atoms with Crippen molar-refractivity contribution in [2.45, 2.75) is 38.5 Å². The molecule has 1 saturated carbocycles. The van der Waals surface area contributed by atoms with Crippen molar-refractivity contribution in [2.24, 2.45) is 21.6 Å². The summed E-state index contributed by atoms with van der Waals surface area (Å²) < 4.78 is 0. The van der Waals surface area contributed by atoms with Crippen molar-refractivity contribution >= 4 is 39.3 Å². The number of nitrogens with one attached hydrogen (secondary N) is 1. The molecule has 0 saturated heterocycles. The molecule has 1 aliphatic carbocycles. The maximum absolute atomic E-state index is 12.9. The Morgan fingerprint density at radius 2 is 2.00 bits per heavy atom. The van der Waals surface area contributed by atoms with Crippen molar-refractivity contribution in [2.75, 3.05) is 11.1 Å². The second-order valence-corrected chi connectivity index (χ2v) is 9.62. The summed E-state index contributed by atoms with van der Waals surface area (Å²) in [4.78, 5) is 21.8. The molecule has 1 unspecified atom stereocenters. The molecule has 1 spiro atoms. The number of nitrogens with two attached hydrogens (primary N) is 1. The van der Waals surface area contributed by atoms with E-state index in [0.717, 1.165) is 24.6 Å². The Bertz CT molecular complexity index is 1270. The first-order valence-electron chi connectivity index (χ1n) is 11.3. The average Bonchev–Trinajstić information content (AvgIpc) is 2.86. The molecule has 1 fully saturated rings. The molecule has 2 aromatic rings. The molecule has 1 aromatic heterocycles. The number of nitriles is 2. The van der Waals surface area contributed by atoms with Crippen LogP contribution in [-0.2, 0) is 4.79 Å². The van der Waals surface area contributed by atoms with Gasteiger partial charge in [-0.1, -0.05) is 55.3 Å². The van der Waals surface area contributed by atoms with Gasteiger partial charge >= 0.3 is 0 Å². The smallest absolute Gasteiger partial charge is 0.234 e. The largest absolute Gasteiger partial charge is 0.383 e. The Hall–Kier alpha value is -3.62. The number of allylic oxidation sites excluding steroid dienone is 2. The molecule has 3 N–H and O–H groups in total. The Kier molecular flexibility index (Phi) is 6.72. The van der Waals surface area contributed by atoms with Gasteiger partial charge in [-0.05, 0) is 31.4 Å². The fourth-order valence-electron chi connectivity index (χ4n) is 5.30. The lowest BCUT2D eigenvalue weighted by molar-refractivity contribution is -0.113. The first kappa shape index (κ1) is 23.5. The number of fused-ring (bicyclic) bond motifs is 1. The van der Waals surface area contributed by atoms with Crippen LogP contribution < -0.4 is 11.1 Å².